The Bertz CT molecular complexity index is 212. The molecule has 1 aliphatic rings. The van der Waals surface area contributed by atoms with Gasteiger partial charge in [0.2, 0.25) is 5.91 Å². The lowest BCUT2D eigenvalue weighted by Gasteiger charge is -2.22. The lowest BCUT2D eigenvalue weighted by Crippen LogP contribution is -2.47. The molecule has 1 rings (SSSR count). The molecule has 0 bridgehead atoms. The van der Waals surface area contributed by atoms with Crippen LogP contribution in [-0.2, 0) is 14.3 Å². The van der Waals surface area contributed by atoms with E-state index in [1.165, 1.54) is 7.11 Å². The van der Waals surface area contributed by atoms with Gasteiger partial charge in [0.15, 0.2) is 0 Å². The van der Waals surface area contributed by atoms with E-state index in [0.717, 1.165) is 25.8 Å². The zero-order valence-electron chi connectivity index (χ0n) is 8.34. The van der Waals surface area contributed by atoms with Gasteiger partial charge in [0.05, 0.1) is 13.2 Å². The predicted molar refractivity (Wildman–Crippen MR) is 50.7 cm³/mol. The zero-order chi connectivity index (χ0) is 10.4. The van der Waals surface area contributed by atoms with Crippen molar-refractivity contribution in [3.63, 3.8) is 0 Å². The lowest BCUT2D eigenvalue weighted by molar-refractivity contribution is -0.141. The van der Waals surface area contributed by atoms with Crippen molar-refractivity contribution in [3.8, 4) is 0 Å². The second-order valence-electron chi connectivity index (χ2n) is 3.30. The lowest BCUT2D eigenvalue weighted by atomic mass is 10.0. The smallest absolute Gasteiger partial charge is 0.325 e. The van der Waals surface area contributed by atoms with Gasteiger partial charge in [-0.25, -0.2) is 0 Å². The number of piperidine rings is 1. The van der Waals surface area contributed by atoms with Gasteiger partial charge in [-0.2, -0.15) is 0 Å². The molecule has 80 valence electrons. The van der Waals surface area contributed by atoms with Crippen molar-refractivity contribution in [2.75, 3.05) is 20.2 Å². The topological polar surface area (TPSA) is 67.4 Å². The van der Waals surface area contributed by atoms with E-state index >= 15 is 0 Å². The van der Waals surface area contributed by atoms with Crippen molar-refractivity contribution < 1.29 is 14.3 Å². The second-order valence-corrected chi connectivity index (χ2v) is 3.30. The molecule has 1 unspecified atom stereocenters. The molecule has 0 aliphatic carbocycles. The molecule has 1 amide bonds. The molecule has 0 spiro atoms. The summed E-state index contributed by atoms with van der Waals surface area (Å²) < 4.78 is 4.41. The third-order valence-corrected chi connectivity index (χ3v) is 2.26. The molecule has 14 heavy (non-hydrogen) atoms. The van der Waals surface area contributed by atoms with Gasteiger partial charge in [-0.3, -0.25) is 9.59 Å². The monoisotopic (exact) mass is 200 g/mol. The summed E-state index contributed by atoms with van der Waals surface area (Å²) in [6, 6.07) is -0.145. The van der Waals surface area contributed by atoms with Crippen LogP contribution in [0.1, 0.15) is 19.3 Å². The number of carbonyl (C=O) groups excluding carboxylic acids is 2. The normalized spacial score (nSPS) is 21.4. The summed E-state index contributed by atoms with van der Waals surface area (Å²) in [7, 11) is 1.30. The number of rotatable bonds is 3. The van der Waals surface area contributed by atoms with Crippen molar-refractivity contribution in [2.45, 2.75) is 25.3 Å². The number of hydrogen-bond acceptors (Lipinski definition) is 4. The highest BCUT2D eigenvalue weighted by Gasteiger charge is 2.20. The Morgan fingerprint density at radius 2 is 2.29 bits per heavy atom. The van der Waals surface area contributed by atoms with Crippen LogP contribution in [-0.4, -0.2) is 38.1 Å². The molecule has 1 heterocycles. The summed E-state index contributed by atoms with van der Waals surface area (Å²) in [5.74, 6) is -0.538. The number of nitrogens with one attached hydrogen (secondary N) is 2. The van der Waals surface area contributed by atoms with Crippen LogP contribution in [0.5, 0.6) is 0 Å². The Balaban J connectivity index is 2.23. The molecule has 1 aliphatic heterocycles. The maximum atomic E-state index is 11.4. The third kappa shape index (κ3) is 3.33. The van der Waals surface area contributed by atoms with Gasteiger partial charge in [0, 0.05) is 0 Å². The minimum atomic E-state index is -0.422. The molecule has 1 fully saturated rings. The van der Waals surface area contributed by atoms with E-state index in [4.69, 9.17) is 0 Å². The molecule has 0 aromatic heterocycles. The van der Waals surface area contributed by atoms with E-state index in [-0.39, 0.29) is 18.5 Å². The van der Waals surface area contributed by atoms with Gasteiger partial charge in [-0.05, 0) is 19.4 Å². The third-order valence-electron chi connectivity index (χ3n) is 2.26. The molecule has 1 atom stereocenters. The maximum absolute atomic E-state index is 11.4. The van der Waals surface area contributed by atoms with Crippen molar-refractivity contribution in [2.24, 2.45) is 0 Å². The fraction of sp³-hybridized carbons (Fsp3) is 0.778. The second kappa shape index (κ2) is 5.59. The zero-order valence-corrected chi connectivity index (χ0v) is 8.34. The van der Waals surface area contributed by atoms with E-state index in [1.807, 2.05) is 0 Å². The summed E-state index contributed by atoms with van der Waals surface area (Å²) >= 11 is 0. The van der Waals surface area contributed by atoms with Gasteiger partial charge < -0.3 is 15.4 Å². The van der Waals surface area contributed by atoms with Gasteiger partial charge in [0.25, 0.3) is 0 Å². The maximum Gasteiger partial charge on any atom is 0.325 e. The van der Waals surface area contributed by atoms with Crippen LogP contribution in [0.3, 0.4) is 0 Å². The Labute approximate surface area is 83.2 Å². The number of amides is 1. The summed E-state index contributed by atoms with van der Waals surface area (Å²) in [5, 5.41) is 5.62. The van der Waals surface area contributed by atoms with Crippen molar-refractivity contribution >= 4 is 11.9 Å². The quantitative estimate of drug-likeness (QED) is 0.598. The van der Waals surface area contributed by atoms with E-state index in [9.17, 15) is 9.59 Å². The van der Waals surface area contributed by atoms with Crippen LogP contribution in [0.4, 0.5) is 0 Å². The summed E-state index contributed by atoms with van der Waals surface area (Å²) in [5.41, 5.74) is 0. The fourth-order valence-corrected chi connectivity index (χ4v) is 1.43. The number of hydrogen-bond donors (Lipinski definition) is 2. The highest BCUT2D eigenvalue weighted by molar-refractivity contribution is 5.85. The SMILES string of the molecule is COC(=O)CNC(=O)C1CCCCN1. The molecule has 5 heteroatoms. The average Bonchev–Trinajstić information content (AvgIpc) is 2.26. The molecule has 5 nitrogen and oxygen atoms in total. The van der Waals surface area contributed by atoms with Gasteiger partial charge in [-0.1, -0.05) is 6.42 Å². The molecule has 0 aromatic rings. The molecule has 0 aromatic carbocycles. The summed E-state index contributed by atoms with van der Waals surface area (Å²) in [6.07, 6.45) is 3.01. The largest absolute Gasteiger partial charge is 0.468 e. The number of ether oxygens (including phenoxy) is 1. The van der Waals surface area contributed by atoms with Crippen LogP contribution >= 0.6 is 0 Å². The van der Waals surface area contributed by atoms with Gasteiger partial charge in [0.1, 0.15) is 6.54 Å². The Morgan fingerprint density at radius 3 is 2.86 bits per heavy atom. The van der Waals surface area contributed by atoms with Crippen LogP contribution < -0.4 is 10.6 Å². The first-order chi connectivity index (χ1) is 6.74. The first kappa shape index (κ1) is 11.0. The highest BCUT2D eigenvalue weighted by atomic mass is 16.5. The first-order valence-electron chi connectivity index (χ1n) is 4.82. The molecule has 1 saturated heterocycles. The number of carbonyl (C=O) groups is 2. The first-order valence-corrected chi connectivity index (χ1v) is 4.82. The van der Waals surface area contributed by atoms with Crippen LogP contribution in [0.15, 0.2) is 0 Å². The van der Waals surface area contributed by atoms with Crippen LogP contribution in [0.25, 0.3) is 0 Å². The highest BCUT2D eigenvalue weighted by Crippen LogP contribution is 2.06. The molecular weight excluding hydrogens is 184 g/mol. The Hall–Kier alpha value is -1.10. The Kier molecular flexibility index (Phi) is 4.39. The predicted octanol–water partition coefficient (Wildman–Crippen LogP) is -0.582. The van der Waals surface area contributed by atoms with E-state index in [2.05, 4.69) is 15.4 Å². The Morgan fingerprint density at radius 1 is 1.50 bits per heavy atom. The van der Waals surface area contributed by atoms with Crippen molar-refractivity contribution in [1.82, 2.24) is 10.6 Å². The molecule has 2 N–H and O–H groups in total. The van der Waals surface area contributed by atoms with Gasteiger partial charge in [-0.15, -0.1) is 0 Å². The summed E-state index contributed by atoms with van der Waals surface area (Å²) in [6.45, 7) is 0.823. The van der Waals surface area contributed by atoms with Crippen LogP contribution in [0.2, 0.25) is 0 Å². The van der Waals surface area contributed by atoms with E-state index < -0.39 is 5.97 Å². The van der Waals surface area contributed by atoms with Crippen LogP contribution in [0, 0.1) is 0 Å². The number of methoxy groups -OCH3 is 1. The fourth-order valence-electron chi connectivity index (χ4n) is 1.43. The van der Waals surface area contributed by atoms with E-state index in [0.29, 0.717) is 0 Å². The molecular formula is C9H16N2O3. The minimum Gasteiger partial charge on any atom is -0.468 e. The van der Waals surface area contributed by atoms with Crippen molar-refractivity contribution in [1.29, 1.82) is 0 Å². The average molecular weight is 200 g/mol. The molecule has 0 saturated carbocycles. The minimum absolute atomic E-state index is 0.0481. The summed E-state index contributed by atoms with van der Waals surface area (Å²) in [4.78, 5) is 22.2. The van der Waals surface area contributed by atoms with Crippen molar-refractivity contribution in [3.05, 3.63) is 0 Å². The molecule has 0 radical (unpaired) electrons. The van der Waals surface area contributed by atoms with E-state index in [1.54, 1.807) is 0 Å². The number of esters is 1. The van der Waals surface area contributed by atoms with Gasteiger partial charge >= 0.3 is 5.97 Å². The standard InChI is InChI=1S/C9H16N2O3/c1-14-8(12)6-11-9(13)7-4-2-3-5-10-7/h7,10H,2-6H2,1H3,(H,11,13).